The average molecular weight is 278 g/mol. The largest absolute Gasteiger partial charge is 0.390 e. The van der Waals surface area contributed by atoms with E-state index in [4.69, 9.17) is 9.84 Å². The second kappa shape index (κ2) is 4.39. The van der Waals surface area contributed by atoms with E-state index in [2.05, 4.69) is 5.32 Å². The van der Waals surface area contributed by atoms with E-state index in [1.807, 2.05) is 0 Å². The maximum absolute atomic E-state index is 14.0. The number of aliphatic hydroxyl groups is 4. The summed E-state index contributed by atoms with van der Waals surface area (Å²) in [4.78, 5) is 11.9. The fourth-order valence-corrected chi connectivity index (χ4v) is 2.12. The number of ether oxygens (including phenoxy) is 1. The van der Waals surface area contributed by atoms with Gasteiger partial charge in [-0.2, -0.15) is 0 Å². The van der Waals surface area contributed by atoms with Crippen LogP contribution in [0.1, 0.15) is 6.92 Å². The van der Waals surface area contributed by atoms with Crippen molar-refractivity contribution in [3.8, 4) is 0 Å². The minimum absolute atomic E-state index is 0.574. The van der Waals surface area contributed by atoms with Crippen LogP contribution in [0.3, 0.4) is 0 Å². The highest BCUT2D eigenvalue weighted by molar-refractivity contribution is 5.88. The molecule has 9 heteroatoms. The Morgan fingerprint density at radius 3 is 2.68 bits per heavy atom. The molecular formula is C10H15FN2O6. The molecular weight excluding hydrogens is 263 g/mol. The summed E-state index contributed by atoms with van der Waals surface area (Å²) < 4.78 is 18.9. The molecule has 0 aromatic carbocycles. The van der Waals surface area contributed by atoms with E-state index in [9.17, 15) is 24.5 Å². The molecule has 2 aliphatic rings. The summed E-state index contributed by atoms with van der Waals surface area (Å²) >= 11 is 0. The van der Waals surface area contributed by atoms with Crippen LogP contribution in [0.5, 0.6) is 0 Å². The molecule has 0 bridgehead atoms. The third-order valence-electron chi connectivity index (χ3n) is 3.21. The second-order valence-corrected chi connectivity index (χ2v) is 4.69. The summed E-state index contributed by atoms with van der Waals surface area (Å²) in [6.07, 6.45) is -2.93. The fraction of sp³-hybridized carbons (Fsp3) is 0.700. The number of hydrogen-bond acceptors (Lipinski definition) is 7. The molecule has 1 saturated heterocycles. The Hall–Kier alpha value is -1.26. The Kier molecular flexibility index (Phi) is 3.27. The van der Waals surface area contributed by atoms with Crippen LogP contribution < -0.4 is 5.32 Å². The van der Waals surface area contributed by atoms with Gasteiger partial charge >= 0.3 is 0 Å². The molecule has 0 aromatic rings. The van der Waals surface area contributed by atoms with Gasteiger partial charge in [-0.1, -0.05) is 0 Å². The van der Waals surface area contributed by atoms with Crippen molar-refractivity contribution < 1.29 is 34.3 Å². The number of alkyl halides is 1. The first kappa shape index (κ1) is 14.2. The van der Waals surface area contributed by atoms with Crippen LogP contribution in [0.15, 0.2) is 12.3 Å². The lowest BCUT2D eigenvalue weighted by Crippen LogP contribution is -2.59. The van der Waals surface area contributed by atoms with Gasteiger partial charge < -0.3 is 35.4 Å². The Labute approximate surface area is 107 Å². The monoisotopic (exact) mass is 278 g/mol. The first-order chi connectivity index (χ1) is 8.72. The Bertz CT molecular complexity index is 417. The lowest BCUT2D eigenvalue weighted by molar-refractivity contribution is -0.228. The third kappa shape index (κ3) is 2.09. The van der Waals surface area contributed by atoms with Crippen LogP contribution in [0, 0.1) is 0 Å². The molecule has 2 rings (SSSR count). The van der Waals surface area contributed by atoms with Crippen LogP contribution in [-0.2, 0) is 9.53 Å². The van der Waals surface area contributed by atoms with Gasteiger partial charge in [-0.3, -0.25) is 4.79 Å². The SMILES string of the molecule is C[C@]1(O)[C@H](N2C=CC(=O)NC2O)O[C@](F)(CO)[C@H]1O. The van der Waals surface area contributed by atoms with E-state index >= 15 is 0 Å². The van der Waals surface area contributed by atoms with Crippen molar-refractivity contribution in [2.24, 2.45) is 0 Å². The Morgan fingerprint density at radius 2 is 2.21 bits per heavy atom. The number of aliphatic hydroxyl groups excluding tert-OH is 3. The summed E-state index contributed by atoms with van der Waals surface area (Å²) in [7, 11) is 0. The van der Waals surface area contributed by atoms with Gasteiger partial charge in [-0.15, -0.1) is 0 Å². The van der Waals surface area contributed by atoms with Gasteiger partial charge in [0.1, 0.15) is 18.3 Å². The van der Waals surface area contributed by atoms with Crippen molar-refractivity contribution in [1.29, 1.82) is 0 Å². The predicted octanol–water partition coefficient (Wildman–Crippen LogP) is -2.67. The number of nitrogens with one attached hydrogen (secondary N) is 1. The van der Waals surface area contributed by atoms with Crippen molar-refractivity contribution in [1.82, 2.24) is 10.2 Å². The molecule has 1 amide bonds. The molecule has 5 N–H and O–H groups in total. The highest BCUT2D eigenvalue weighted by Gasteiger charge is 2.64. The van der Waals surface area contributed by atoms with Gasteiger partial charge in [0.2, 0.25) is 12.3 Å². The number of rotatable bonds is 2. The van der Waals surface area contributed by atoms with E-state index in [0.717, 1.165) is 24.1 Å². The van der Waals surface area contributed by atoms with E-state index in [0.29, 0.717) is 0 Å². The highest BCUT2D eigenvalue weighted by Crippen LogP contribution is 2.41. The van der Waals surface area contributed by atoms with Crippen LogP contribution in [-0.4, -0.2) is 68.0 Å². The van der Waals surface area contributed by atoms with Gasteiger partial charge in [-0.05, 0) is 6.92 Å². The summed E-state index contributed by atoms with van der Waals surface area (Å²) in [5.74, 6) is -3.43. The van der Waals surface area contributed by atoms with E-state index in [-0.39, 0.29) is 0 Å². The predicted molar refractivity (Wildman–Crippen MR) is 57.6 cm³/mol. The zero-order valence-corrected chi connectivity index (χ0v) is 10.0. The van der Waals surface area contributed by atoms with Gasteiger partial charge in [0.15, 0.2) is 6.23 Å². The first-order valence-corrected chi connectivity index (χ1v) is 5.54. The van der Waals surface area contributed by atoms with Gasteiger partial charge in [-0.25, -0.2) is 4.39 Å². The van der Waals surface area contributed by atoms with Gasteiger partial charge in [0, 0.05) is 12.3 Å². The van der Waals surface area contributed by atoms with Crippen LogP contribution in [0.25, 0.3) is 0 Å². The summed E-state index contributed by atoms with van der Waals surface area (Å²) in [5.41, 5.74) is -2.11. The zero-order chi connectivity index (χ0) is 14.4. The molecule has 0 spiro atoms. The van der Waals surface area contributed by atoms with Gasteiger partial charge in [0.25, 0.3) is 5.85 Å². The second-order valence-electron chi connectivity index (χ2n) is 4.69. The number of nitrogens with zero attached hydrogens (tertiary/aromatic N) is 1. The minimum Gasteiger partial charge on any atom is -0.390 e. The van der Waals surface area contributed by atoms with E-state index in [1.54, 1.807) is 0 Å². The molecule has 0 saturated carbocycles. The Morgan fingerprint density at radius 1 is 1.58 bits per heavy atom. The molecule has 108 valence electrons. The molecule has 19 heavy (non-hydrogen) atoms. The lowest BCUT2D eigenvalue weighted by Gasteiger charge is -2.38. The molecule has 2 aliphatic heterocycles. The fourth-order valence-electron chi connectivity index (χ4n) is 2.12. The van der Waals surface area contributed by atoms with Crippen molar-refractivity contribution >= 4 is 5.91 Å². The van der Waals surface area contributed by atoms with E-state index in [1.165, 1.54) is 0 Å². The van der Waals surface area contributed by atoms with Gasteiger partial charge in [0.05, 0.1) is 0 Å². The molecule has 0 aromatic heterocycles. The van der Waals surface area contributed by atoms with Crippen LogP contribution >= 0.6 is 0 Å². The number of halogens is 1. The summed E-state index contributed by atoms with van der Waals surface area (Å²) in [5, 5.41) is 40.4. The van der Waals surface area contributed by atoms with Crippen molar-refractivity contribution in [2.45, 2.75) is 37.1 Å². The lowest BCUT2D eigenvalue weighted by atomic mass is 9.95. The zero-order valence-electron chi connectivity index (χ0n) is 10.0. The van der Waals surface area contributed by atoms with Crippen molar-refractivity contribution in [3.63, 3.8) is 0 Å². The molecule has 1 unspecified atom stereocenters. The number of hydrogen-bond donors (Lipinski definition) is 5. The van der Waals surface area contributed by atoms with Crippen molar-refractivity contribution in [3.05, 3.63) is 12.3 Å². The summed E-state index contributed by atoms with van der Waals surface area (Å²) in [6.45, 7) is -0.0723. The maximum atomic E-state index is 14.0. The van der Waals surface area contributed by atoms with Crippen LogP contribution in [0.4, 0.5) is 4.39 Å². The number of carbonyl (C=O) groups excluding carboxylic acids is 1. The van der Waals surface area contributed by atoms with Crippen LogP contribution in [0.2, 0.25) is 0 Å². The summed E-state index contributed by atoms with van der Waals surface area (Å²) in [6, 6.07) is 0. The van der Waals surface area contributed by atoms with E-state index < -0.39 is 42.7 Å². The molecule has 0 radical (unpaired) electrons. The number of carbonyl (C=O) groups is 1. The highest BCUT2D eigenvalue weighted by atomic mass is 19.2. The number of amides is 1. The minimum atomic E-state index is -2.86. The quantitative estimate of drug-likeness (QED) is 0.373. The van der Waals surface area contributed by atoms with Crippen molar-refractivity contribution in [2.75, 3.05) is 6.61 Å². The molecule has 8 nitrogen and oxygen atoms in total. The smallest absolute Gasteiger partial charge is 0.263 e. The third-order valence-corrected chi connectivity index (χ3v) is 3.21. The first-order valence-electron chi connectivity index (χ1n) is 5.54. The molecule has 0 aliphatic carbocycles. The Balaban J connectivity index is 2.30. The molecule has 5 atom stereocenters. The average Bonchev–Trinajstić information content (AvgIpc) is 2.51. The maximum Gasteiger partial charge on any atom is 0.263 e. The topological polar surface area (TPSA) is 122 Å². The normalized spacial score (nSPS) is 46.5. The molecule has 1 fully saturated rings. The molecule has 2 heterocycles. The standard InChI is InChI=1S/C10H15FN2O6/c1-9(18)6(16)10(11,4-14)19-7(9)13-3-2-5(15)12-8(13)17/h2-3,6-8,14,16-18H,4H2,1H3,(H,12,15)/t6-,7+,8?,9+,10+/m0/s1.